The Morgan fingerprint density at radius 3 is 2.29 bits per heavy atom. The highest BCUT2D eigenvalue weighted by atomic mass is 14.9. The van der Waals surface area contributed by atoms with Gasteiger partial charge in [-0.2, -0.15) is 5.26 Å². The van der Waals surface area contributed by atoms with Crippen LogP contribution in [0.4, 0.5) is 0 Å². The Balaban J connectivity index is 2.54. The van der Waals surface area contributed by atoms with Crippen LogP contribution in [0.15, 0.2) is 30.5 Å². The fourth-order valence-corrected chi connectivity index (χ4v) is 3.25. The lowest BCUT2D eigenvalue weighted by molar-refractivity contribution is 0.432. The molecule has 2 nitrogen and oxygen atoms in total. The summed E-state index contributed by atoms with van der Waals surface area (Å²) in [6.45, 7) is 4.40. The van der Waals surface area contributed by atoms with Crippen molar-refractivity contribution in [2.24, 2.45) is 7.05 Å². The Hall–Kier alpha value is -1.75. The first-order valence-electron chi connectivity index (χ1n) is 8.14. The van der Waals surface area contributed by atoms with E-state index in [1.165, 1.54) is 16.5 Å². The van der Waals surface area contributed by atoms with Gasteiger partial charge in [-0.05, 0) is 24.5 Å². The highest BCUT2D eigenvalue weighted by Crippen LogP contribution is 2.39. The third-order valence-corrected chi connectivity index (χ3v) is 4.54. The Kier molecular flexibility index (Phi) is 5.07. The number of hydrogen-bond donors (Lipinski definition) is 0. The summed E-state index contributed by atoms with van der Waals surface area (Å²) < 4.78 is 2.16. The number of nitrogens with zero attached hydrogens (tertiary/aromatic N) is 2. The lowest BCUT2D eigenvalue weighted by atomic mass is 9.74. The van der Waals surface area contributed by atoms with Crippen molar-refractivity contribution in [1.82, 2.24) is 4.57 Å². The molecule has 2 rings (SSSR count). The molecule has 112 valence electrons. The Labute approximate surface area is 128 Å². The molecule has 0 fully saturated rings. The third kappa shape index (κ3) is 2.97. The van der Waals surface area contributed by atoms with Crippen LogP contribution < -0.4 is 0 Å². The molecule has 1 aromatic carbocycles. The molecule has 0 unspecified atom stereocenters. The minimum absolute atomic E-state index is 0.327. The van der Waals surface area contributed by atoms with E-state index in [0.717, 1.165) is 38.5 Å². The average Bonchev–Trinajstić information content (AvgIpc) is 2.86. The molecule has 0 aliphatic heterocycles. The molecule has 1 heterocycles. The largest absolute Gasteiger partial charge is 0.350 e. The molecule has 0 atom stereocenters. The Morgan fingerprint density at radius 1 is 1.10 bits per heavy atom. The van der Waals surface area contributed by atoms with Crippen molar-refractivity contribution in [2.75, 3.05) is 0 Å². The van der Waals surface area contributed by atoms with Crippen molar-refractivity contribution >= 4 is 10.9 Å². The second-order valence-corrected chi connectivity index (χ2v) is 6.07. The quantitative estimate of drug-likeness (QED) is 0.675. The normalized spacial score (nSPS) is 11.7. The molecule has 2 heteroatoms. The summed E-state index contributed by atoms with van der Waals surface area (Å²) in [6.07, 6.45) is 8.61. The van der Waals surface area contributed by atoms with E-state index in [4.69, 9.17) is 0 Å². The maximum absolute atomic E-state index is 9.99. The van der Waals surface area contributed by atoms with Gasteiger partial charge < -0.3 is 4.57 Å². The number of fused-ring (bicyclic) bond motifs is 1. The van der Waals surface area contributed by atoms with Crippen molar-refractivity contribution in [1.29, 1.82) is 5.26 Å². The SMILES string of the molecule is CCCCC(C#N)(CCCC)c1cn(C)c2ccccc12. The molecular weight excluding hydrogens is 256 g/mol. The molecule has 0 aliphatic carbocycles. The fourth-order valence-electron chi connectivity index (χ4n) is 3.25. The smallest absolute Gasteiger partial charge is 0.0843 e. The molecule has 0 bridgehead atoms. The van der Waals surface area contributed by atoms with E-state index in [2.05, 4.69) is 62.0 Å². The first kappa shape index (κ1) is 15.6. The Bertz CT molecular complexity index is 623. The van der Waals surface area contributed by atoms with Crippen molar-refractivity contribution in [2.45, 2.75) is 57.8 Å². The van der Waals surface area contributed by atoms with Crippen LogP contribution in [-0.4, -0.2) is 4.57 Å². The van der Waals surface area contributed by atoms with Crippen molar-refractivity contribution in [3.05, 3.63) is 36.0 Å². The number of aromatic nitrogens is 1. The number of rotatable bonds is 7. The molecule has 2 aromatic rings. The van der Waals surface area contributed by atoms with Gasteiger partial charge in [-0.1, -0.05) is 57.7 Å². The highest BCUT2D eigenvalue weighted by molar-refractivity contribution is 5.85. The summed E-state index contributed by atoms with van der Waals surface area (Å²) in [5, 5.41) is 11.2. The van der Waals surface area contributed by atoms with Crippen LogP contribution in [0.5, 0.6) is 0 Å². The fraction of sp³-hybridized carbons (Fsp3) is 0.526. The summed E-state index contributed by atoms with van der Waals surface area (Å²) in [7, 11) is 2.08. The van der Waals surface area contributed by atoms with Crippen LogP contribution in [-0.2, 0) is 12.5 Å². The molecule has 0 aliphatic rings. The van der Waals surface area contributed by atoms with Gasteiger partial charge in [0.15, 0.2) is 0 Å². The van der Waals surface area contributed by atoms with E-state index < -0.39 is 0 Å². The average molecular weight is 282 g/mol. The van der Waals surface area contributed by atoms with Gasteiger partial charge in [0.05, 0.1) is 11.5 Å². The maximum Gasteiger partial charge on any atom is 0.0843 e. The summed E-state index contributed by atoms with van der Waals surface area (Å²) in [5.74, 6) is 0. The van der Waals surface area contributed by atoms with Crippen molar-refractivity contribution in [3.63, 3.8) is 0 Å². The van der Waals surface area contributed by atoms with Crippen LogP contribution in [0.2, 0.25) is 0 Å². The van der Waals surface area contributed by atoms with Gasteiger partial charge in [-0.15, -0.1) is 0 Å². The predicted molar refractivity (Wildman–Crippen MR) is 89.3 cm³/mol. The summed E-state index contributed by atoms with van der Waals surface area (Å²) in [5.41, 5.74) is 2.12. The van der Waals surface area contributed by atoms with Crippen LogP contribution in [0, 0.1) is 11.3 Å². The zero-order valence-corrected chi connectivity index (χ0v) is 13.5. The van der Waals surface area contributed by atoms with E-state index in [0.29, 0.717) is 0 Å². The second-order valence-electron chi connectivity index (χ2n) is 6.07. The number of hydrogen-bond acceptors (Lipinski definition) is 1. The van der Waals surface area contributed by atoms with Gasteiger partial charge in [0.1, 0.15) is 0 Å². The molecule has 0 saturated heterocycles. The maximum atomic E-state index is 9.99. The monoisotopic (exact) mass is 282 g/mol. The number of unbranched alkanes of at least 4 members (excludes halogenated alkanes) is 2. The van der Waals surface area contributed by atoms with Crippen molar-refractivity contribution < 1.29 is 0 Å². The van der Waals surface area contributed by atoms with Gasteiger partial charge in [0.2, 0.25) is 0 Å². The van der Waals surface area contributed by atoms with Crippen LogP contribution in [0.3, 0.4) is 0 Å². The molecular formula is C19H26N2. The summed E-state index contributed by atoms with van der Waals surface area (Å²) in [4.78, 5) is 0. The van der Waals surface area contributed by atoms with Gasteiger partial charge in [-0.25, -0.2) is 0 Å². The van der Waals surface area contributed by atoms with E-state index in [-0.39, 0.29) is 5.41 Å². The summed E-state index contributed by atoms with van der Waals surface area (Å²) in [6, 6.07) is 11.1. The van der Waals surface area contributed by atoms with Crippen LogP contribution in [0.25, 0.3) is 10.9 Å². The first-order valence-corrected chi connectivity index (χ1v) is 8.14. The number of nitriles is 1. The minimum atomic E-state index is -0.327. The van der Waals surface area contributed by atoms with E-state index in [1.54, 1.807) is 0 Å². The van der Waals surface area contributed by atoms with E-state index >= 15 is 0 Å². The molecule has 0 amide bonds. The number of aryl methyl sites for hydroxylation is 1. The minimum Gasteiger partial charge on any atom is -0.350 e. The molecule has 0 N–H and O–H groups in total. The van der Waals surface area contributed by atoms with E-state index in [1.807, 2.05) is 0 Å². The zero-order valence-electron chi connectivity index (χ0n) is 13.5. The van der Waals surface area contributed by atoms with Crippen LogP contribution >= 0.6 is 0 Å². The van der Waals surface area contributed by atoms with Gasteiger partial charge in [-0.3, -0.25) is 0 Å². The van der Waals surface area contributed by atoms with Gasteiger partial charge in [0, 0.05) is 24.1 Å². The molecule has 0 radical (unpaired) electrons. The number of benzene rings is 1. The Morgan fingerprint density at radius 2 is 1.71 bits per heavy atom. The lowest BCUT2D eigenvalue weighted by Crippen LogP contribution is -2.24. The molecule has 21 heavy (non-hydrogen) atoms. The number of para-hydroxylation sites is 1. The van der Waals surface area contributed by atoms with Crippen molar-refractivity contribution in [3.8, 4) is 6.07 Å². The third-order valence-electron chi connectivity index (χ3n) is 4.54. The topological polar surface area (TPSA) is 28.7 Å². The van der Waals surface area contributed by atoms with Crippen LogP contribution in [0.1, 0.15) is 57.9 Å². The standard InChI is InChI=1S/C19H26N2/c1-4-6-12-19(15-20,13-7-5-2)17-14-21(3)18-11-9-8-10-16(17)18/h8-11,14H,4-7,12-13H2,1-3H3. The van der Waals surface area contributed by atoms with Gasteiger partial charge >= 0.3 is 0 Å². The first-order chi connectivity index (χ1) is 10.2. The second kappa shape index (κ2) is 6.80. The zero-order chi connectivity index (χ0) is 15.3. The highest BCUT2D eigenvalue weighted by Gasteiger charge is 2.33. The molecule has 0 spiro atoms. The van der Waals surface area contributed by atoms with Gasteiger partial charge in [0.25, 0.3) is 0 Å². The molecule has 0 saturated carbocycles. The summed E-state index contributed by atoms with van der Waals surface area (Å²) >= 11 is 0. The van der Waals surface area contributed by atoms with E-state index in [9.17, 15) is 5.26 Å². The molecule has 1 aromatic heterocycles. The predicted octanol–water partition coefficient (Wildman–Crippen LogP) is 5.32. The lowest BCUT2D eigenvalue weighted by Gasteiger charge is -2.26.